The van der Waals surface area contributed by atoms with Crippen molar-refractivity contribution in [2.24, 2.45) is 5.92 Å². The quantitative estimate of drug-likeness (QED) is 0.812. The lowest BCUT2D eigenvalue weighted by atomic mass is 10.1. The molecule has 2 aromatic carbocycles. The maximum Gasteiger partial charge on any atom is 0.310 e. The Morgan fingerprint density at radius 3 is 2.27 bits per heavy atom. The van der Waals surface area contributed by atoms with Crippen LogP contribution in [0.1, 0.15) is 6.42 Å². The summed E-state index contributed by atoms with van der Waals surface area (Å²) in [6, 6.07) is 17.2. The van der Waals surface area contributed by atoms with Crippen LogP contribution < -0.4 is 5.32 Å². The molecule has 0 saturated carbocycles. The number of rotatable bonds is 5. The minimum absolute atomic E-state index is 0.00722. The van der Waals surface area contributed by atoms with Crippen LogP contribution in [-0.4, -0.2) is 38.4 Å². The molecule has 1 heterocycles. The fourth-order valence-corrected chi connectivity index (χ4v) is 4.54. The number of sulfone groups is 1. The van der Waals surface area contributed by atoms with Gasteiger partial charge in [-0.2, -0.15) is 0 Å². The predicted molar refractivity (Wildman–Crippen MR) is 98.2 cm³/mol. The summed E-state index contributed by atoms with van der Waals surface area (Å²) >= 11 is 0. The summed E-state index contributed by atoms with van der Waals surface area (Å²) in [5.41, 5.74) is 2.69. The summed E-state index contributed by atoms with van der Waals surface area (Å²) in [4.78, 5) is 23.7. The average Bonchev–Trinajstić information content (AvgIpc) is 3.01. The number of benzene rings is 2. The summed E-state index contributed by atoms with van der Waals surface area (Å²) in [6.07, 6.45) is 0.254. The van der Waals surface area contributed by atoms with E-state index in [0.29, 0.717) is 5.69 Å². The Bertz CT molecular complexity index is 891. The number of amides is 1. The van der Waals surface area contributed by atoms with E-state index in [0.717, 1.165) is 11.1 Å². The molecule has 1 fully saturated rings. The molecule has 6 nitrogen and oxygen atoms in total. The summed E-state index contributed by atoms with van der Waals surface area (Å²) in [6.45, 7) is -0.435. The van der Waals surface area contributed by atoms with Gasteiger partial charge in [-0.3, -0.25) is 9.59 Å². The van der Waals surface area contributed by atoms with Crippen LogP contribution in [0.2, 0.25) is 0 Å². The van der Waals surface area contributed by atoms with E-state index in [-0.39, 0.29) is 17.9 Å². The Labute approximate surface area is 152 Å². The SMILES string of the molecule is O=C(COC(=O)C1CCS(=O)(=O)C1)Nc1ccc(-c2ccccc2)cc1. The second-order valence-corrected chi connectivity index (χ2v) is 8.43. The minimum Gasteiger partial charge on any atom is -0.455 e. The Balaban J connectivity index is 1.50. The van der Waals surface area contributed by atoms with Gasteiger partial charge in [-0.05, 0) is 29.7 Å². The van der Waals surface area contributed by atoms with Gasteiger partial charge in [-0.15, -0.1) is 0 Å². The molecule has 1 aliphatic rings. The number of carbonyl (C=O) groups is 2. The highest BCUT2D eigenvalue weighted by atomic mass is 32.2. The average molecular weight is 373 g/mol. The number of anilines is 1. The fourth-order valence-electron chi connectivity index (χ4n) is 2.81. The van der Waals surface area contributed by atoms with Crippen LogP contribution in [0.25, 0.3) is 11.1 Å². The highest BCUT2D eigenvalue weighted by Gasteiger charge is 2.34. The van der Waals surface area contributed by atoms with Crippen LogP contribution in [0.3, 0.4) is 0 Å². The van der Waals surface area contributed by atoms with Gasteiger partial charge < -0.3 is 10.1 Å². The van der Waals surface area contributed by atoms with E-state index >= 15 is 0 Å². The third-order valence-corrected chi connectivity index (χ3v) is 5.96. The van der Waals surface area contributed by atoms with Gasteiger partial charge in [-0.25, -0.2) is 8.42 Å². The molecule has 1 N–H and O–H groups in total. The van der Waals surface area contributed by atoms with Crippen molar-refractivity contribution in [1.82, 2.24) is 0 Å². The van der Waals surface area contributed by atoms with Crippen molar-refractivity contribution in [3.05, 3.63) is 54.6 Å². The van der Waals surface area contributed by atoms with Crippen LogP contribution in [0.4, 0.5) is 5.69 Å². The first kappa shape index (κ1) is 18.1. The number of carbonyl (C=O) groups excluding carboxylic acids is 2. The van der Waals surface area contributed by atoms with Gasteiger partial charge >= 0.3 is 5.97 Å². The standard InChI is InChI=1S/C19H19NO5S/c21-18(12-25-19(22)16-10-11-26(23,24)13-16)20-17-8-6-15(7-9-17)14-4-2-1-3-5-14/h1-9,16H,10-13H2,(H,20,21). The zero-order valence-electron chi connectivity index (χ0n) is 14.1. The molecular weight excluding hydrogens is 354 g/mol. The number of hydrogen-bond acceptors (Lipinski definition) is 5. The monoisotopic (exact) mass is 373 g/mol. The number of esters is 1. The van der Waals surface area contributed by atoms with Crippen LogP contribution in [0.5, 0.6) is 0 Å². The van der Waals surface area contributed by atoms with Crippen LogP contribution in [0.15, 0.2) is 54.6 Å². The largest absolute Gasteiger partial charge is 0.455 e. The maximum atomic E-state index is 11.9. The molecule has 26 heavy (non-hydrogen) atoms. The normalized spacial score (nSPS) is 18.2. The van der Waals surface area contributed by atoms with Crippen molar-refractivity contribution in [2.75, 3.05) is 23.4 Å². The second-order valence-electron chi connectivity index (χ2n) is 6.20. The van der Waals surface area contributed by atoms with Crippen molar-refractivity contribution in [3.63, 3.8) is 0 Å². The molecule has 3 rings (SSSR count). The van der Waals surface area contributed by atoms with Gasteiger partial charge in [0, 0.05) is 5.69 Å². The first-order valence-electron chi connectivity index (χ1n) is 8.25. The lowest BCUT2D eigenvalue weighted by Gasteiger charge is -2.10. The van der Waals surface area contributed by atoms with Crippen LogP contribution in [-0.2, 0) is 24.2 Å². The topological polar surface area (TPSA) is 89.5 Å². The van der Waals surface area contributed by atoms with Gasteiger partial charge in [0.15, 0.2) is 16.4 Å². The Kier molecular flexibility index (Phi) is 5.37. The van der Waals surface area contributed by atoms with Gasteiger partial charge in [0.1, 0.15) is 0 Å². The van der Waals surface area contributed by atoms with E-state index in [4.69, 9.17) is 4.74 Å². The lowest BCUT2D eigenvalue weighted by molar-refractivity contribution is -0.150. The molecule has 1 amide bonds. The second kappa shape index (κ2) is 7.70. The van der Waals surface area contributed by atoms with E-state index in [2.05, 4.69) is 5.32 Å². The molecule has 0 bridgehead atoms. The summed E-state index contributed by atoms with van der Waals surface area (Å²) in [5.74, 6) is -1.98. The molecule has 0 radical (unpaired) electrons. The van der Waals surface area contributed by atoms with Crippen LogP contribution >= 0.6 is 0 Å². The summed E-state index contributed by atoms with van der Waals surface area (Å²) in [5, 5.41) is 2.65. The molecular formula is C19H19NO5S. The third kappa shape index (κ3) is 4.70. The number of nitrogens with one attached hydrogen (secondary N) is 1. The zero-order chi connectivity index (χ0) is 18.6. The van der Waals surface area contributed by atoms with Gasteiger partial charge in [0.05, 0.1) is 17.4 Å². The molecule has 0 spiro atoms. The molecule has 1 aliphatic heterocycles. The van der Waals surface area contributed by atoms with Crippen LogP contribution in [0, 0.1) is 5.92 Å². The third-order valence-electron chi connectivity index (χ3n) is 4.19. The van der Waals surface area contributed by atoms with Crippen molar-refractivity contribution >= 4 is 27.4 Å². The van der Waals surface area contributed by atoms with Crippen molar-refractivity contribution in [3.8, 4) is 11.1 Å². The van der Waals surface area contributed by atoms with E-state index in [9.17, 15) is 18.0 Å². The molecule has 1 atom stereocenters. The smallest absolute Gasteiger partial charge is 0.310 e. The molecule has 136 valence electrons. The summed E-state index contributed by atoms with van der Waals surface area (Å²) < 4.78 is 27.7. The van der Waals surface area contributed by atoms with E-state index < -0.39 is 34.2 Å². The van der Waals surface area contributed by atoms with Crippen molar-refractivity contribution < 1.29 is 22.7 Å². The first-order chi connectivity index (χ1) is 12.4. The predicted octanol–water partition coefficient (Wildman–Crippen LogP) is 2.27. The van der Waals surface area contributed by atoms with E-state index in [1.807, 2.05) is 42.5 Å². The van der Waals surface area contributed by atoms with Crippen molar-refractivity contribution in [1.29, 1.82) is 0 Å². The lowest BCUT2D eigenvalue weighted by Crippen LogP contribution is -2.25. The molecule has 7 heteroatoms. The van der Waals surface area contributed by atoms with E-state index in [1.54, 1.807) is 12.1 Å². The molecule has 2 aromatic rings. The van der Waals surface area contributed by atoms with Gasteiger partial charge in [0.25, 0.3) is 5.91 Å². The Morgan fingerprint density at radius 2 is 1.65 bits per heavy atom. The minimum atomic E-state index is -3.16. The molecule has 1 saturated heterocycles. The fraction of sp³-hybridized carbons (Fsp3) is 0.263. The number of hydrogen-bond donors (Lipinski definition) is 1. The summed E-state index contributed by atoms with van der Waals surface area (Å²) in [7, 11) is -3.16. The van der Waals surface area contributed by atoms with E-state index in [1.165, 1.54) is 0 Å². The molecule has 1 unspecified atom stereocenters. The van der Waals surface area contributed by atoms with Gasteiger partial charge in [-0.1, -0.05) is 42.5 Å². The highest BCUT2D eigenvalue weighted by molar-refractivity contribution is 7.91. The molecule has 0 aromatic heterocycles. The first-order valence-corrected chi connectivity index (χ1v) is 10.1. The maximum absolute atomic E-state index is 11.9. The number of ether oxygens (including phenoxy) is 1. The Hall–Kier alpha value is -2.67. The Morgan fingerprint density at radius 1 is 1.00 bits per heavy atom. The van der Waals surface area contributed by atoms with Gasteiger partial charge in [0.2, 0.25) is 0 Å². The zero-order valence-corrected chi connectivity index (χ0v) is 14.9. The highest BCUT2D eigenvalue weighted by Crippen LogP contribution is 2.21. The molecule has 0 aliphatic carbocycles. The van der Waals surface area contributed by atoms with Crippen molar-refractivity contribution in [2.45, 2.75) is 6.42 Å².